The normalized spacial score (nSPS) is 16.9. The quantitative estimate of drug-likeness (QED) is 0.521. The van der Waals surface area contributed by atoms with Gasteiger partial charge in [-0.2, -0.15) is 10.1 Å². The van der Waals surface area contributed by atoms with Crippen LogP contribution in [0.2, 0.25) is 0 Å². The van der Waals surface area contributed by atoms with Crippen molar-refractivity contribution in [2.45, 2.75) is 46.5 Å². The number of para-hydroxylation sites is 1. The van der Waals surface area contributed by atoms with Gasteiger partial charge in [0, 0.05) is 16.3 Å². The average molecular weight is 460 g/mol. The van der Waals surface area contributed by atoms with Gasteiger partial charge in [0.15, 0.2) is 0 Å². The van der Waals surface area contributed by atoms with E-state index in [0.29, 0.717) is 16.8 Å². The van der Waals surface area contributed by atoms with Gasteiger partial charge in [-0.1, -0.05) is 18.2 Å². The lowest BCUT2D eigenvalue weighted by atomic mass is 9.95. The summed E-state index contributed by atoms with van der Waals surface area (Å²) in [5.41, 5.74) is 6.11. The first kappa shape index (κ1) is 21.4. The number of hydrogen-bond donors (Lipinski definition) is 1. The van der Waals surface area contributed by atoms with Crippen molar-refractivity contribution in [2.24, 2.45) is 5.10 Å². The van der Waals surface area contributed by atoms with Gasteiger partial charge in [-0.05, 0) is 81.9 Å². The molecule has 1 N–H and O–H groups in total. The highest BCUT2D eigenvalue weighted by Gasteiger charge is 2.30. The third-order valence-corrected chi connectivity index (χ3v) is 7.68. The van der Waals surface area contributed by atoms with Gasteiger partial charge in [-0.3, -0.25) is 4.79 Å². The summed E-state index contributed by atoms with van der Waals surface area (Å²) in [5, 5.41) is 16.7. The smallest absolute Gasteiger partial charge is 0.339 e. The van der Waals surface area contributed by atoms with Crippen molar-refractivity contribution in [3.63, 3.8) is 0 Å². The lowest BCUT2D eigenvalue weighted by Gasteiger charge is -2.11. The van der Waals surface area contributed by atoms with Crippen LogP contribution >= 0.6 is 11.3 Å². The van der Waals surface area contributed by atoms with Crippen molar-refractivity contribution in [3.8, 4) is 5.00 Å². The minimum absolute atomic E-state index is 0.165. The van der Waals surface area contributed by atoms with Crippen LogP contribution < -0.4 is 5.01 Å². The Morgan fingerprint density at radius 1 is 1.12 bits per heavy atom. The van der Waals surface area contributed by atoms with Crippen LogP contribution in [0.25, 0.3) is 11.1 Å². The highest BCUT2D eigenvalue weighted by molar-refractivity contribution is 7.15. The van der Waals surface area contributed by atoms with E-state index in [9.17, 15) is 14.7 Å². The molecular weight excluding hydrogens is 434 g/mol. The van der Waals surface area contributed by atoms with Crippen LogP contribution in [0, 0.1) is 13.8 Å². The van der Waals surface area contributed by atoms with Gasteiger partial charge in [-0.15, -0.1) is 11.3 Å². The Kier molecular flexibility index (Phi) is 5.29. The molecule has 2 aromatic heterocycles. The summed E-state index contributed by atoms with van der Waals surface area (Å²) in [7, 11) is 0. The number of hydrazone groups is 1. The largest absolute Gasteiger partial charge is 0.478 e. The number of hydrogen-bond acceptors (Lipinski definition) is 4. The van der Waals surface area contributed by atoms with Gasteiger partial charge >= 0.3 is 5.97 Å². The number of aryl methyl sites for hydroxylation is 2. The molecule has 0 unspecified atom stereocenters. The van der Waals surface area contributed by atoms with E-state index in [1.807, 2.05) is 67.8 Å². The number of aromatic nitrogens is 1. The van der Waals surface area contributed by atoms with Crippen LogP contribution in [0.15, 0.2) is 47.1 Å². The standard InChI is InChI=1S/C26H25N3O3S/c1-15-13-18(14-21-16(2)27-29(24(21)30)19-9-5-4-6-10-19)17(3)28(15)25-23(26(31)32)20-11-7-8-12-22(20)33-25/h4-6,9-10,13-14H,7-8,11-12H2,1-3H3,(H,31,32). The Bertz CT molecular complexity index is 1340. The molecule has 3 aromatic rings. The fraction of sp³-hybridized carbons (Fsp3) is 0.269. The number of rotatable bonds is 4. The zero-order valence-corrected chi connectivity index (χ0v) is 19.7. The molecule has 6 nitrogen and oxygen atoms in total. The molecule has 0 saturated heterocycles. The maximum Gasteiger partial charge on any atom is 0.339 e. The van der Waals surface area contributed by atoms with E-state index in [1.54, 1.807) is 11.3 Å². The van der Waals surface area contributed by atoms with Gasteiger partial charge in [0.1, 0.15) is 5.00 Å². The predicted molar refractivity (Wildman–Crippen MR) is 132 cm³/mol. The molecule has 1 amide bonds. The highest BCUT2D eigenvalue weighted by Crippen LogP contribution is 2.39. The minimum atomic E-state index is -0.871. The molecule has 0 bridgehead atoms. The number of fused-ring (bicyclic) bond motifs is 1. The van der Waals surface area contributed by atoms with Crippen LogP contribution in [-0.2, 0) is 17.6 Å². The fourth-order valence-electron chi connectivity index (χ4n) is 4.76. The molecule has 1 aromatic carbocycles. The molecule has 3 heterocycles. The topological polar surface area (TPSA) is 74.9 Å². The lowest BCUT2D eigenvalue weighted by Crippen LogP contribution is -2.21. The van der Waals surface area contributed by atoms with Crippen molar-refractivity contribution < 1.29 is 14.7 Å². The first-order chi connectivity index (χ1) is 15.9. The van der Waals surface area contributed by atoms with Crippen molar-refractivity contribution in [1.82, 2.24) is 4.57 Å². The Hall–Kier alpha value is -3.45. The van der Waals surface area contributed by atoms with Crippen LogP contribution in [-0.4, -0.2) is 27.3 Å². The number of anilines is 1. The Balaban J connectivity index is 1.57. The van der Waals surface area contributed by atoms with E-state index < -0.39 is 5.97 Å². The summed E-state index contributed by atoms with van der Waals surface area (Å²) < 4.78 is 2.03. The van der Waals surface area contributed by atoms with E-state index in [4.69, 9.17) is 0 Å². The van der Waals surface area contributed by atoms with E-state index in [1.165, 1.54) is 9.89 Å². The van der Waals surface area contributed by atoms with Crippen LogP contribution in [0.5, 0.6) is 0 Å². The summed E-state index contributed by atoms with van der Waals surface area (Å²) in [4.78, 5) is 26.5. The first-order valence-electron chi connectivity index (χ1n) is 11.1. The molecule has 1 aliphatic carbocycles. The van der Waals surface area contributed by atoms with E-state index in [-0.39, 0.29) is 5.91 Å². The number of amides is 1. The summed E-state index contributed by atoms with van der Waals surface area (Å²) >= 11 is 1.59. The fourth-order valence-corrected chi connectivity index (χ4v) is 6.25. The molecular formula is C26H25N3O3S. The van der Waals surface area contributed by atoms with Crippen LogP contribution in [0.3, 0.4) is 0 Å². The van der Waals surface area contributed by atoms with Crippen molar-refractivity contribution in [1.29, 1.82) is 0 Å². The number of nitrogens with zero attached hydrogens (tertiary/aromatic N) is 3. The first-order valence-corrected chi connectivity index (χ1v) is 11.9. The van der Waals surface area contributed by atoms with Crippen LogP contribution in [0.4, 0.5) is 5.69 Å². The van der Waals surface area contributed by atoms with Crippen molar-refractivity contribution in [2.75, 3.05) is 5.01 Å². The number of thiophene rings is 1. The van der Waals surface area contributed by atoms with Gasteiger partial charge in [0.25, 0.3) is 5.91 Å². The van der Waals surface area contributed by atoms with Gasteiger partial charge in [0.2, 0.25) is 0 Å². The number of aromatic carboxylic acids is 1. The third-order valence-electron chi connectivity index (χ3n) is 6.40. The number of carboxylic acid groups (broad SMARTS) is 1. The summed E-state index contributed by atoms with van der Waals surface area (Å²) in [6, 6.07) is 11.4. The van der Waals surface area contributed by atoms with E-state index >= 15 is 0 Å². The number of carboxylic acids is 1. The summed E-state index contributed by atoms with van der Waals surface area (Å²) in [6.07, 6.45) is 5.77. The molecule has 33 heavy (non-hydrogen) atoms. The summed E-state index contributed by atoms with van der Waals surface area (Å²) in [6.45, 7) is 5.79. The minimum Gasteiger partial charge on any atom is -0.478 e. The molecule has 0 atom stereocenters. The zero-order valence-electron chi connectivity index (χ0n) is 18.9. The average Bonchev–Trinajstić information content (AvgIpc) is 3.41. The second-order valence-electron chi connectivity index (χ2n) is 8.55. The van der Waals surface area contributed by atoms with Crippen molar-refractivity contribution in [3.05, 3.63) is 74.9 Å². The Labute approximate surface area is 196 Å². The molecule has 0 fully saturated rings. The third kappa shape index (κ3) is 3.53. The number of carbonyl (C=O) groups excluding carboxylic acids is 1. The highest BCUT2D eigenvalue weighted by atomic mass is 32.1. The monoisotopic (exact) mass is 459 g/mol. The van der Waals surface area contributed by atoms with E-state index in [0.717, 1.165) is 58.9 Å². The zero-order chi connectivity index (χ0) is 23.3. The second-order valence-corrected chi connectivity index (χ2v) is 9.64. The SMILES string of the molecule is CC1=NN(c2ccccc2)C(=O)C1=Cc1cc(C)n(-c2sc3c(c2C(=O)O)CCCC3)c1C. The maximum atomic E-state index is 13.1. The van der Waals surface area contributed by atoms with Crippen LogP contribution in [0.1, 0.15) is 57.5 Å². The number of benzene rings is 1. The van der Waals surface area contributed by atoms with Gasteiger partial charge in [-0.25, -0.2) is 4.79 Å². The molecule has 2 aliphatic rings. The molecule has 168 valence electrons. The van der Waals surface area contributed by atoms with Gasteiger partial charge < -0.3 is 9.67 Å². The molecule has 1 aliphatic heterocycles. The molecule has 7 heteroatoms. The molecule has 0 saturated carbocycles. The maximum absolute atomic E-state index is 13.1. The summed E-state index contributed by atoms with van der Waals surface area (Å²) in [5.74, 6) is -1.04. The van der Waals surface area contributed by atoms with Gasteiger partial charge in [0.05, 0.1) is 22.5 Å². The van der Waals surface area contributed by atoms with Crippen molar-refractivity contribution >= 4 is 40.7 Å². The molecule has 5 rings (SSSR count). The lowest BCUT2D eigenvalue weighted by molar-refractivity contribution is -0.114. The number of carbonyl (C=O) groups is 2. The predicted octanol–water partition coefficient (Wildman–Crippen LogP) is 5.54. The van der Waals surface area contributed by atoms with E-state index in [2.05, 4.69) is 5.10 Å². The molecule has 0 spiro atoms. The molecule has 0 radical (unpaired) electrons. The second kappa shape index (κ2) is 8.15. The Morgan fingerprint density at radius 3 is 2.58 bits per heavy atom. The Morgan fingerprint density at radius 2 is 1.85 bits per heavy atom.